The lowest BCUT2D eigenvalue weighted by Gasteiger charge is -2.11. The quantitative estimate of drug-likeness (QED) is 0.858. The first-order chi connectivity index (χ1) is 9.33. The van der Waals surface area contributed by atoms with Gasteiger partial charge < -0.3 is 4.74 Å². The summed E-state index contributed by atoms with van der Waals surface area (Å²) in [6, 6.07) is 0. The maximum atomic E-state index is 12.8. The van der Waals surface area contributed by atoms with Gasteiger partial charge >= 0.3 is 0 Å². The first kappa shape index (κ1) is 14.9. The van der Waals surface area contributed by atoms with E-state index in [1.807, 2.05) is 0 Å². The Morgan fingerprint density at radius 3 is 2.85 bits per heavy atom. The molecule has 2 rings (SSSR count). The molecule has 1 unspecified atom stereocenters. The number of sulfonamides is 1. The van der Waals surface area contributed by atoms with Gasteiger partial charge in [-0.2, -0.15) is 5.10 Å². The third-order valence-corrected chi connectivity index (χ3v) is 4.72. The summed E-state index contributed by atoms with van der Waals surface area (Å²) in [6.07, 6.45) is -1.75. The normalized spacial score (nSPS) is 19.5. The zero-order valence-electron chi connectivity index (χ0n) is 10.5. The molecule has 20 heavy (non-hydrogen) atoms. The van der Waals surface area contributed by atoms with Crippen molar-refractivity contribution in [2.75, 3.05) is 13.2 Å². The largest absolute Gasteiger partial charge is 0.380 e. The molecule has 0 bridgehead atoms. The monoisotopic (exact) mass is 309 g/mol. The van der Waals surface area contributed by atoms with E-state index in [0.717, 1.165) is 10.9 Å². The molecule has 1 N–H and O–H groups in total. The van der Waals surface area contributed by atoms with Crippen LogP contribution in [0.5, 0.6) is 0 Å². The number of ether oxygens (including phenoxy) is 1. The third-order valence-electron chi connectivity index (χ3n) is 3.00. The lowest BCUT2D eigenvalue weighted by atomic mass is 10.2. The summed E-state index contributed by atoms with van der Waals surface area (Å²) < 4.78 is 56.9. The van der Waals surface area contributed by atoms with Crippen molar-refractivity contribution in [1.29, 1.82) is 0 Å². The van der Waals surface area contributed by atoms with Crippen molar-refractivity contribution in [3.8, 4) is 0 Å². The Balaban J connectivity index is 2.20. The number of halogens is 2. The molecule has 1 saturated heterocycles. The molecule has 7 nitrogen and oxygen atoms in total. The summed E-state index contributed by atoms with van der Waals surface area (Å²) in [5.41, 5.74) is -1.08. The molecule has 1 aromatic heterocycles. The highest BCUT2D eigenvalue weighted by atomic mass is 32.2. The minimum absolute atomic E-state index is 0.0165. The average Bonchev–Trinajstić information content (AvgIpc) is 2.96. The fourth-order valence-electron chi connectivity index (χ4n) is 1.91. The molecule has 0 saturated carbocycles. The predicted molar refractivity (Wildman–Crippen MR) is 63.8 cm³/mol. The van der Waals surface area contributed by atoms with Crippen LogP contribution in [0.15, 0.2) is 6.20 Å². The van der Waals surface area contributed by atoms with Crippen LogP contribution in [0.2, 0.25) is 0 Å². The minimum atomic E-state index is -3.95. The smallest absolute Gasteiger partial charge is 0.280 e. The molecule has 2 heterocycles. The van der Waals surface area contributed by atoms with Crippen LogP contribution in [0.3, 0.4) is 0 Å². The van der Waals surface area contributed by atoms with Crippen molar-refractivity contribution in [2.45, 2.75) is 18.1 Å². The van der Waals surface area contributed by atoms with Crippen LogP contribution in [0.1, 0.15) is 28.9 Å². The van der Waals surface area contributed by atoms with Crippen LogP contribution < -0.4 is 4.72 Å². The van der Waals surface area contributed by atoms with E-state index in [2.05, 4.69) is 5.10 Å². The van der Waals surface area contributed by atoms with Gasteiger partial charge in [0.15, 0.2) is 0 Å². The average molecular weight is 309 g/mol. The van der Waals surface area contributed by atoms with Gasteiger partial charge in [-0.25, -0.2) is 21.9 Å². The van der Waals surface area contributed by atoms with E-state index in [0.29, 0.717) is 0 Å². The standard InChI is InChI=1S/C10H13F2N3O4S/c1-15-8(9(11)12)7(4-13-15)10(16)14-20(17,18)6-2-3-19-5-6/h4,6,9H,2-3,5H2,1H3,(H,14,16). The van der Waals surface area contributed by atoms with E-state index in [1.165, 1.54) is 7.05 Å². The van der Waals surface area contributed by atoms with Crippen LogP contribution in [0, 0.1) is 0 Å². The molecule has 0 radical (unpaired) electrons. The number of aromatic nitrogens is 2. The first-order valence-electron chi connectivity index (χ1n) is 5.76. The zero-order valence-corrected chi connectivity index (χ0v) is 11.4. The molecule has 0 aliphatic carbocycles. The van der Waals surface area contributed by atoms with E-state index in [9.17, 15) is 22.0 Å². The van der Waals surface area contributed by atoms with Crippen LogP contribution in [-0.2, 0) is 21.8 Å². The molecule has 1 fully saturated rings. The van der Waals surface area contributed by atoms with Crippen LogP contribution in [0.25, 0.3) is 0 Å². The topological polar surface area (TPSA) is 90.3 Å². The number of nitrogens with one attached hydrogen (secondary N) is 1. The highest BCUT2D eigenvalue weighted by Gasteiger charge is 2.33. The van der Waals surface area contributed by atoms with Crippen molar-refractivity contribution in [1.82, 2.24) is 14.5 Å². The van der Waals surface area contributed by atoms with Gasteiger partial charge in [-0.15, -0.1) is 0 Å². The van der Waals surface area contributed by atoms with E-state index >= 15 is 0 Å². The highest BCUT2D eigenvalue weighted by molar-refractivity contribution is 7.90. The fraction of sp³-hybridized carbons (Fsp3) is 0.600. The van der Waals surface area contributed by atoms with Crippen molar-refractivity contribution in [3.63, 3.8) is 0 Å². The van der Waals surface area contributed by atoms with E-state index < -0.39 is 38.9 Å². The fourth-order valence-corrected chi connectivity index (χ4v) is 3.12. The van der Waals surface area contributed by atoms with Gasteiger partial charge in [0.05, 0.1) is 18.4 Å². The number of amides is 1. The van der Waals surface area contributed by atoms with E-state index in [1.54, 1.807) is 4.72 Å². The predicted octanol–water partition coefficient (Wildman–Crippen LogP) is 0.206. The van der Waals surface area contributed by atoms with E-state index in [4.69, 9.17) is 4.74 Å². The first-order valence-corrected chi connectivity index (χ1v) is 7.31. The number of hydrogen-bond donors (Lipinski definition) is 1. The lowest BCUT2D eigenvalue weighted by molar-refractivity contribution is 0.0963. The number of aryl methyl sites for hydroxylation is 1. The molecule has 1 amide bonds. The van der Waals surface area contributed by atoms with Crippen molar-refractivity contribution in [3.05, 3.63) is 17.5 Å². The maximum absolute atomic E-state index is 12.8. The molecule has 112 valence electrons. The maximum Gasteiger partial charge on any atom is 0.280 e. The molecule has 1 aromatic rings. The second-order valence-electron chi connectivity index (χ2n) is 4.33. The minimum Gasteiger partial charge on any atom is -0.380 e. The summed E-state index contributed by atoms with van der Waals surface area (Å²) in [4.78, 5) is 11.8. The summed E-state index contributed by atoms with van der Waals surface area (Å²) >= 11 is 0. The van der Waals surface area contributed by atoms with Gasteiger partial charge in [0, 0.05) is 13.7 Å². The lowest BCUT2D eigenvalue weighted by Crippen LogP contribution is -2.38. The number of alkyl halides is 2. The molecule has 1 aliphatic rings. The molecule has 0 aromatic carbocycles. The molecule has 0 spiro atoms. The second kappa shape index (κ2) is 5.44. The van der Waals surface area contributed by atoms with Crippen molar-refractivity contribution < 1.29 is 26.7 Å². The summed E-state index contributed by atoms with van der Waals surface area (Å²) in [5.74, 6) is -1.11. The summed E-state index contributed by atoms with van der Waals surface area (Å²) in [7, 11) is -2.70. The van der Waals surface area contributed by atoms with E-state index in [-0.39, 0.29) is 19.6 Å². The third kappa shape index (κ3) is 2.80. The van der Waals surface area contributed by atoms with Gasteiger partial charge in [-0.3, -0.25) is 9.48 Å². The molecular formula is C10H13F2N3O4S. The molecule has 10 heteroatoms. The number of hydrogen-bond acceptors (Lipinski definition) is 5. The Hall–Kier alpha value is -1.55. The van der Waals surface area contributed by atoms with Crippen LogP contribution in [0.4, 0.5) is 8.78 Å². The van der Waals surface area contributed by atoms with Gasteiger partial charge in [-0.1, -0.05) is 0 Å². The van der Waals surface area contributed by atoms with Gasteiger partial charge in [-0.05, 0) is 6.42 Å². The molecule has 1 atom stereocenters. The number of rotatable bonds is 4. The highest BCUT2D eigenvalue weighted by Crippen LogP contribution is 2.22. The Kier molecular flexibility index (Phi) is 4.04. The van der Waals surface area contributed by atoms with Gasteiger partial charge in [0.1, 0.15) is 10.9 Å². The van der Waals surface area contributed by atoms with Crippen molar-refractivity contribution in [2.24, 2.45) is 7.05 Å². The number of carbonyl (C=O) groups excluding carboxylic acids is 1. The molecule has 1 aliphatic heterocycles. The van der Waals surface area contributed by atoms with Gasteiger partial charge in [0.25, 0.3) is 12.3 Å². The molecular weight excluding hydrogens is 296 g/mol. The van der Waals surface area contributed by atoms with Crippen LogP contribution >= 0.6 is 0 Å². The Labute approximate surface area is 114 Å². The Morgan fingerprint density at radius 2 is 2.30 bits per heavy atom. The zero-order chi connectivity index (χ0) is 14.9. The second-order valence-corrected chi connectivity index (χ2v) is 6.29. The Bertz CT molecular complexity index is 608. The van der Waals surface area contributed by atoms with Gasteiger partial charge in [0.2, 0.25) is 10.0 Å². The SMILES string of the molecule is Cn1ncc(C(=O)NS(=O)(=O)C2CCOC2)c1C(F)F. The number of carbonyl (C=O) groups is 1. The summed E-state index contributed by atoms with van der Waals surface area (Å²) in [5, 5.41) is 2.69. The Morgan fingerprint density at radius 1 is 1.60 bits per heavy atom. The van der Waals surface area contributed by atoms with Crippen LogP contribution in [-0.4, -0.2) is 42.6 Å². The summed E-state index contributed by atoms with van der Waals surface area (Å²) in [6.45, 7) is 0.270. The van der Waals surface area contributed by atoms with Crippen molar-refractivity contribution >= 4 is 15.9 Å². The number of nitrogens with zero attached hydrogens (tertiary/aromatic N) is 2.